The van der Waals surface area contributed by atoms with Crippen molar-refractivity contribution >= 4 is 35.5 Å². The second kappa shape index (κ2) is 9.20. The number of hydrazone groups is 1. The van der Waals surface area contributed by atoms with Gasteiger partial charge in [0.2, 0.25) is 11.1 Å². The maximum Gasteiger partial charge on any atom is 0.264 e. The lowest BCUT2D eigenvalue weighted by Gasteiger charge is -2.09. The monoisotopic (exact) mass is 413 g/mol. The van der Waals surface area contributed by atoms with Crippen LogP contribution >= 0.6 is 11.8 Å². The summed E-state index contributed by atoms with van der Waals surface area (Å²) in [4.78, 5) is 12.2. The van der Waals surface area contributed by atoms with Gasteiger partial charge in [-0.05, 0) is 48.7 Å². The number of nitrogens with one attached hydrogen (secondary N) is 2. The van der Waals surface area contributed by atoms with Crippen LogP contribution in [0.2, 0.25) is 0 Å². The Balaban J connectivity index is 1.54. The van der Waals surface area contributed by atoms with Gasteiger partial charge in [-0.15, -0.1) is 10.2 Å². The van der Waals surface area contributed by atoms with Gasteiger partial charge in [-0.1, -0.05) is 36.0 Å². The third kappa shape index (κ3) is 5.55. The van der Waals surface area contributed by atoms with Crippen molar-refractivity contribution in [3.63, 3.8) is 0 Å². The maximum absolute atomic E-state index is 12.9. The number of benzene rings is 2. The van der Waals surface area contributed by atoms with Crippen molar-refractivity contribution < 1.29 is 9.18 Å². The van der Waals surface area contributed by atoms with Crippen LogP contribution in [0.15, 0.2) is 52.7 Å². The van der Waals surface area contributed by atoms with Gasteiger partial charge in [0.25, 0.3) is 5.95 Å². The SMILES string of the molecule is Cc1ccc(C)c(NC(=O)CSc2nnc(N/N=C/c3ccc(F)cc3)n2N)c1. The molecule has 29 heavy (non-hydrogen) atoms. The largest absolute Gasteiger partial charge is 0.334 e. The molecule has 1 heterocycles. The van der Waals surface area contributed by atoms with Crippen LogP contribution in [0.1, 0.15) is 16.7 Å². The Morgan fingerprint density at radius 2 is 2.00 bits per heavy atom. The van der Waals surface area contributed by atoms with E-state index in [9.17, 15) is 9.18 Å². The van der Waals surface area contributed by atoms with E-state index in [2.05, 4.69) is 26.0 Å². The number of halogens is 1. The molecule has 4 N–H and O–H groups in total. The van der Waals surface area contributed by atoms with Gasteiger partial charge in [-0.3, -0.25) is 4.79 Å². The molecule has 2 aromatic carbocycles. The molecule has 3 aromatic rings. The van der Waals surface area contributed by atoms with E-state index >= 15 is 0 Å². The van der Waals surface area contributed by atoms with Crippen molar-refractivity contribution in [1.82, 2.24) is 14.9 Å². The minimum atomic E-state index is -0.319. The third-order valence-corrected chi connectivity index (χ3v) is 4.86. The number of carbonyl (C=O) groups is 1. The first-order valence-corrected chi connectivity index (χ1v) is 9.66. The Labute approximate surface area is 171 Å². The molecule has 150 valence electrons. The molecule has 0 fully saturated rings. The van der Waals surface area contributed by atoms with Crippen molar-refractivity contribution in [1.29, 1.82) is 0 Å². The number of rotatable bonds is 7. The van der Waals surface area contributed by atoms with Crippen molar-refractivity contribution in [2.24, 2.45) is 5.10 Å². The van der Waals surface area contributed by atoms with Crippen molar-refractivity contribution in [3.05, 3.63) is 65.0 Å². The van der Waals surface area contributed by atoms with Crippen molar-refractivity contribution in [2.45, 2.75) is 19.0 Å². The normalized spacial score (nSPS) is 11.0. The quantitative estimate of drug-likeness (QED) is 0.238. The van der Waals surface area contributed by atoms with Crippen LogP contribution in [0.3, 0.4) is 0 Å². The van der Waals surface area contributed by atoms with E-state index in [-0.39, 0.29) is 23.4 Å². The fourth-order valence-corrected chi connectivity index (χ4v) is 3.01. The average Bonchev–Trinajstić information content (AvgIpc) is 3.04. The van der Waals surface area contributed by atoms with Crippen LogP contribution in [0, 0.1) is 19.7 Å². The summed E-state index contributed by atoms with van der Waals surface area (Å²) in [6.45, 7) is 3.90. The highest BCUT2D eigenvalue weighted by molar-refractivity contribution is 7.99. The Morgan fingerprint density at radius 3 is 2.76 bits per heavy atom. The van der Waals surface area contributed by atoms with Gasteiger partial charge in [0, 0.05) is 5.69 Å². The smallest absolute Gasteiger partial charge is 0.264 e. The first-order valence-electron chi connectivity index (χ1n) is 8.67. The number of thioether (sulfide) groups is 1. The van der Waals surface area contributed by atoms with E-state index in [1.165, 1.54) is 23.0 Å². The molecule has 0 aliphatic heterocycles. The Morgan fingerprint density at radius 1 is 1.24 bits per heavy atom. The molecule has 0 spiro atoms. The zero-order valence-electron chi connectivity index (χ0n) is 15.9. The van der Waals surface area contributed by atoms with E-state index in [1.807, 2.05) is 32.0 Å². The Kier molecular flexibility index (Phi) is 6.45. The summed E-state index contributed by atoms with van der Waals surface area (Å²) in [6.07, 6.45) is 1.50. The van der Waals surface area contributed by atoms with Gasteiger partial charge in [-0.2, -0.15) is 5.10 Å². The molecule has 0 aliphatic rings. The molecule has 0 unspecified atom stereocenters. The number of nitrogen functional groups attached to an aromatic ring is 1. The molecular formula is C19H20FN7OS. The number of anilines is 2. The van der Waals surface area contributed by atoms with Gasteiger partial charge in [-0.25, -0.2) is 14.5 Å². The van der Waals surface area contributed by atoms with Gasteiger partial charge in [0.1, 0.15) is 5.82 Å². The second-order valence-corrected chi connectivity index (χ2v) is 7.20. The maximum atomic E-state index is 12.9. The fourth-order valence-electron chi connectivity index (χ4n) is 2.35. The van der Waals surface area contributed by atoms with E-state index in [4.69, 9.17) is 5.84 Å². The van der Waals surface area contributed by atoms with Gasteiger partial charge < -0.3 is 11.2 Å². The van der Waals surface area contributed by atoms with E-state index in [0.717, 1.165) is 28.6 Å². The standard InChI is InChI=1S/C19H20FN7OS/c1-12-3-4-13(2)16(9-12)23-17(28)11-29-19-26-25-18(27(19)21)24-22-10-14-5-7-15(20)8-6-14/h3-10H,11,21H2,1-2H3,(H,23,28)(H,24,25)/b22-10+. The number of nitrogens with two attached hydrogens (primary N) is 1. The fraction of sp³-hybridized carbons (Fsp3) is 0.158. The summed E-state index contributed by atoms with van der Waals surface area (Å²) in [7, 11) is 0. The summed E-state index contributed by atoms with van der Waals surface area (Å²) in [6, 6.07) is 11.7. The summed E-state index contributed by atoms with van der Waals surface area (Å²) in [5.41, 5.74) is 6.21. The lowest BCUT2D eigenvalue weighted by Crippen LogP contribution is -2.17. The minimum Gasteiger partial charge on any atom is -0.334 e. The molecule has 10 heteroatoms. The second-order valence-electron chi connectivity index (χ2n) is 6.25. The molecule has 1 aromatic heterocycles. The van der Waals surface area contributed by atoms with Crippen LogP contribution in [-0.2, 0) is 4.79 Å². The number of aryl methyl sites for hydroxylation is 2. The molecule has 0 bridgehead atoms. The third-order valence-electron chi connectivity index (χ3n) is 3.91. The first-order chi connectivity index (χ1) is 13.9. The lowest BCUT2D eigenvalue weighted by atomic mass is 10.1. The summed E-state index contributed by atoms with van der Waals surface area (Å²) in [5.74, 6) is 5.78. The summed E-state index contributed by atoms with van der Waals surface area (Å²) >= 11 is 1.16. The number of nitrogens with zero attached hydrogens (tertiary/aromatic N) is 4. The lowest BCUT2D eigenvalue weighted by molar-refractivity contribution is -0.113. The predicted octanol–water partition coefficient (Wildman–Crippen LogP) is 2.92. The first kappa shape index (κ1) is 20.3. The minimum absolute atomic E-state index is 0.127. The summed E-state index contributed by atoms with van der Waals surface area (Å²) < 4.78 is 14.1. The molecule has 0 saturated carbocycles. The number of aromatic nitrogens is 3. The number of carbonyl (C=O) groups excluding carboxylic acids is 1. The molecule has 0 radical (unpaired) electrons. The van der Waals surface area contributed by atoms with Crippen molar-refractivity contribution in [3.8, 4) is 0 Å². The van der Waals surface area contributed by atoms with Crippen LogP contribution in [0.4, 0.5) is 16.0 Å². The van der Waals surface area contributed by atoms with E-state index in [1.54, 1.807) is 12.1 Å². The highest BCUT2D eigenvalue weighted by Gasteiger charge is 2.12. The topological polar surface area (TPSA) is 110 Å². The van der Waals surface area contributed by atoms with Crippen LogP contribution in [-0.4, -0.2) is 32.7 Å². The Bertz CT molecular complexity index is 1030. The zero-order valence-corrected chi connectivity index (χ0v) is 16.7. The molecule has 1 amide bonds. The molecule has 0 saturated heterocycles. The predicted molar refractivity (Wildman–Crippen MR) is 113 cm³/mol. The number of hydrogen-bond donors (Lipinski definition) is 3. The molecule has 0 aliphatic carbocycles. The molecule has 8 nitrogen and oxygen atoms in total. The van der Waals surface area contributed by atoms with Crippen LogP contribution in [0.5, 0.6) is 0 Å². The van der Waals surface area contributed by atoms with Crippen molar-refractivity contribution in [2.75, 3.05) is 22.3 Å². The Hall–Kier alpha value is -3.40. The van der Waals surface area contributed by atoms with Crippen LogP contribution in [0.25, 0.3) is 0 Å². The van der Waals surface area contributed by atoms with Gasteiger partial charge in [0.05, 0.1) is 12.0 Å². The zero-order chi connectivity index (χ0) is 20.8. The number of hydrogen-bond acceptors (Lipinski definition) is 7. The summed E-state index contributed by atoms with van der Waals surface area (Å²) in [5, 5.41) is 15.1. The molecule has 3 rings (SSSR count). The van der Waals surface area contributed by atoms with Gasteiger partial charge >= 0.3 is 0 Å². The highest BCUT2D eigenvalue weighted by Crippen LogP contribution is 2.19. The molecule has 0 atom stereocenters. The average molecular weight is 413 g/mol. The number of amides is 1. The highest BCUT2D eigenvalue weighted by atomic mass is 32.2. The van der Waals surface area contributed by atoms with E-state index in [0.29, 0.717) is 10.7 Å². The van der Waals surface area contributed by atoms with E-state index < -0.39 is 0 Å². The molecular weight excluding hydrogens is 393 g/mol. The van der Waals surface area contributed by atoms with Crippen LogP contribution < -0.4 is 16.6 Å². The van der Waals surface area contributed by atoms with Gasteiger partial charge in [0.15, 0.2) is 0 Å².